The van der Waals surface area contributed by atoms with Crippen LogP contribution in [0.4, 0.5) is 11.6 Å². The van der Waals surface area contributed by atoms with Crippen LogP contribution in [0.2, 0.25) is 0 Å². The van der Waals surface area contributed by atoms with Gasteiger partial charge in [-0.05, 0) is 60.7 Å². The van der Waals surface area contributed by atoms with E-state index in [-0.39, 0.29) is 0 Å². The van der Waals surface area contributed by atoms with E-state index in [1.54, 1.807) is 30.0 Å². The Morgan fingerprint density at radius 1 is 0.939 bits per heavy atom. The molecule has 33 heavy (non-hydrogen) atoms. The van der Waals surface area contributed by atoms with E-state index < -0.39 is 5.91 Å². The molecule has 0 saturated heterocycles. The molecule has 3 aromatic heterocycles. The van der Waals surface area contributed by atoms with Crippen molar-refractivity contribution in [2.24, 2.45) is 5.73 Å². The van der Waals surface area contributed by atoms with Crippen LogP contribution in [0.1, 0.15) is 10.4 Å². The molecular formula is C25H20N6O2. The van der Waals surface area contributed by atoms with Crippen LogP contribution >= 0.6 is 0 Å². The summed E-state index contributed by atoms with van der Waals surface area (Å²) in [4.78, 5) is 20.3. The quantitative estimate of drug-likeness (QED) is 0.411. The molecule has 0 aliphatic heterocycles. The van der Waals surface area contributed by atoms with E-state index in [9.17, 15) is 4.79 Å². The van der Waals surface area contributed by atoms with Crippen molar-refractivity contribution in [3.63, 3.8) is 0 Å². The van der Waals surface area contributed by atoms with Gasteiger partial charge in [-0.25, -0.2) is 4.52 Å². The summed E-state index contributed by atoms with van der Waals surface area (Å²) in [6, 6.07) is 24.5. The van der Waals surface area contributed by atoms with Gasteiger partial charge >= 0.3 is 0 Å². The van der Waals surface area contributed by atoms with Crippen molar-refractivity contribution < 1.29 is 9.53 Å². The number of fused-ring (bicyclic) bond motifs is 1. The van der Waals surface area contributed by atoms with Gasteiger partial charge in [0.1, 0.15) is 5.75 Å². The van der Waals surface area contributed by atoms with E-state index in [0.29, 0.717) is 11.5 Å². The maximum Gasteiger partial charge on any atom is 0.248 e. The monoisotopic (exact) mass is 436 g/mol. The van der Waals surface area contributed by atoms with Crippen LogP contribution in [0.15, 0.2) is 85.1 Å². The molecule has 162 valence electrons. The molecule has 0 aliphatic carbocycles. The van der Waals surface area contributed by atoms with Gasteiger partial charge in [0.25, 0.3) is 0 Å². The second-order valence-electron chi connectivity index (χ2n) is 7.34. The van der Waals surface area contributed by atoms with Gasteiger partial charge in [-0.1, -0.05) is 18.2 Å². The fourth-order valence-electron chi connectivity index (χ4n) is 3.51. The number of benzene rings is 2. The van der Waals surface area contributed by atoms with Crippen LogP contribution in [0.3, 0.4) is 0 Å². The minimum absolute atomic E-state index is 0.454. The van der Waals surface area contributed by atoms with Crippen LogP contribution in [0.5, 0.6) is 5.75 Å². The first-order chi connectivity index (χ1) is 16.1. The number of rotatable bonds is 6. The van der Waals surface area contributed by atoms with Crippen molar-refractivity contribution >= 4 is 23.2 Å². The van der Waals surface area contributed by atoms with E-state index in [0.717, 1.165) is 39.6 Å². The Labute approximate surface area is 189 Å². The fourth-order valence-corrected chi connectivity index (χ4v) is 3.51. The van der Waals surface area contributed by atoms with Gasteiger partial charge in [0.05, 0.1) is 30.4 Å². The molecule has 0 atom stereocenters. The van der Waals surface area contributed by atoms with Gasteiger partial charge in [-0.3, -0.25) is 9.78 Å². The molecule has 3 heterocycles. The van der Waals surface area contributed by atoms with E-state index in [1.807, 2.05) is 66.7 Å². The maximum absolute atomic E-state index is 11.2. The zero-order valence-electron chi connectivity index (χ0n) is 17.8. The number of hydrogen-bond acceptors (Lipinski definition) is 6. The molecule has 2 aromatic carbocycles. The molecule has 0 radical (unpaired) electrons. The van der Waals surface area contributed by atoms with Gasteiger partial charge in [0.15, 0.2) is 5.65 Å². The average molecular weight is 436 g/mol. The van der Waals surface area contributed by atoms with Crippen LogP contribution in [0, 0.1) is 0 Å². The number of pyridine rings is 2. The summed E-state index contributed by atoms with van der Waals surface area (Å²) in [7, 11) is 1.64. The van der Waals surface area contributed by atoms with Crippen molar-refractivity contribution in [1.82, 2.24) is 19.6 Å². The lowest BCUT2D eigenvalue weighted by Crippen LogP contribution is -2.10. The second kappa shape index (κ2) is 8.43. The Balaban J connectivity index is 1.38. The third-order valence-electron chi connectivity index (χ3n) is 5.23. The molecule has 0 saturated carbocycles. The number of ether oxygens (including phenoxy) is 1. The molecule has 1 amide bonds. The minimum atomic E-state index is -0.454. The Hall–Kier alpha value is -4.72. The lowest BCUT2D eigenvalue weighted by atomic mass is 10.1. The minimum Gasteiger partial charge on any atom is -0.497 e. The number of hydrogen-bond donors (Lipinski definition) is 2. The van der Waals surface area contributed by atoms with Crippen molar-refractivity contribution in [3.05, 3.63) is 90.6 Å². The van der Waals surface area contributed by atoms with Gasteiger partial charge < -0.3 is 15.8 Å². The predicted octanol–water partition coefficient (Wildman–Crippen LogP) is 4.31. The first-order valence-electron chi connectivity index (χ1n) is 10.2. The Morgan fingerprint density at radius 2 is 1.70 bits per heavy atom. The summed E-state index contributed by atoms with van der Waals surface area (Å²) >= 11 is 0. The third kappa shape index (κ3) is 4.09. The number of aromatic nitrogens is 4. The molecule has 0 unspecified atom stereocenters. The summed E-state index contributed by atoms with van der Waals surface area (Å²) in [6.07, 6.45) is 1.72. The normalized spacial score (nSPS) is 10.8. The molecule has 8 heteroatoms. The highest BCUT2D eigenvalue weighted by Crippen LogP contribution is 2.25. The number of amides is 1. The Kier molecular flexibility index (Phi) is 5.16. The van der Waals surface area contributed by atoms with Crippen molar-refractivity contribution in [1.29, 1.82) is 0 Å². The number of primary amides is 1. The van der Waals surface area contributed by atoms with Crippen LogP contribution in [-0.4, -0.2) is 32.6 Å². The van der Waals surface area contributed by atoms with Crippen LogP contribution in [0.25, 0.3) is 28.2 Å². The molecule has 0 fully saturated rings. The molecule has 3 N–H and O–H groups in total. The number of anilines is 2. The number of nitrogens with zero attached hydrogens (tertiary/aromatic N) is 4. The standard InChI is InChI=1S/C25H20N6O2/c1-33-20-12-9-17(10-13-20)22-3-2-4-23-29-25(30-31(22)23)28-19-11-14-21(27-15-19)16-5-7-18(8-6-16)24(26)32/h2-15H,1H3,(H2,26,32)(H,28,30). The zero-order chi connectivity index (χ0) is 22.8. The van der Waals surface area contributed by atoms with Crippen molar-refractivity contribution in [3.8, 4) is 28.3 Å². The molecule has 5 aromatic rings. The van der Waals surface area contributed by atoms with Gasteiger partial charge in [-0.2, -0.15) is 4.98 Å². The van der Waals surface area contributed by atoms with Crippen LogP contribution in [-0.2, 0) is 0 Å². The van der Waals surface area contributed by atoms with E-state index in [1.165, 1.54) is 0 Å². The second-order valence-corrected chi connectivity index (χ2v) is 7.34. The SMILES string of the molecule is COc1ccc(-c2cccc3nc(Nc4ccc(-c5ccc(C(N)=O)cc5)nc4)nn23)cc1. The largest absolute Gasteiger partial charge is 0.497 e. The van der Waals surface area contributed by atoms with Gasteiger partial charge in [0.2, 0.25) is 11.9 Å². The number of nitrogens with two attached hydrogens (primary N) is 1. The zero-order valence-corrected chi connectivity index (χ0v) is 17.8. The van der Waals surface area contributed by atoms with Crippen molar-refractivity contribution in [2.45, 2.75) is 0 Å². The van der Waals surface area contributed by atoms with E-state index in [4.69, 9.17) is 10.5 Å². The highest BCUT2D eigenvalue weighted by molar-refractivity contribution is 5.93. The molecule has 8 nitrogen and oxygen atoms in total. The summed E-state index contributed by atoms with van der Waals surface area (Å²) in [5, 5.41) is 7.83. The van der Waals surface area contributed by atoms with Gasteiger partial charge in [0, 0.05) is 16.7 Å². The lowest BCUT2D eigenvalue weighted by Gasteiger charge is -2.06. The first-order valence-corrected chi connectivity index (χ1v) is 10.2. The Bertz CT molecular complexity index is 1430. The van der Waals surface area contributed by atoms with E-state index in [2.05, 4.69) is 20.4 Å². The van der Waals surface area contributed by atoms with Crippen molar-refractivity contribution in [2.75, 3.05) is 12.4 Å². The third-order valence-corrected chi connectivity index (χ3v) is 5.23. The summed E-state index contributed by atoms with van der Waals surface area (Å²) in [5.41, 5.74) is 10.8. The summed E-state index contributed by atoms with van der Waals surface area (Å²) in [5.74, 6) is 0.812. The summed E-state index contributed by atoms with van der Waals surface area (Å²) < 4.78 is 7.04. The highest BCUT2D eigenvalue weighted by Gasteiger charge is 2.10. The number of methoxy groups -OCH3 is 1. The smallest absolute Gasteiger partial charge is 0.248 e. The predicted molar refractivity (Wildman–Crippen MR) is 126 cm³/mol. The van der Waals surface area contributed by atoms with Gasteiger partial charge in [-0.15, -0.1) is 5.10 Å². The topological polar surface area (TPSA) is 107 Å². The molecular weight excluding hydrogens is 416 g/mol. The fraction of sp³-hybridized carbons (Fsp3) is 0.0400. The lowest BCUT2D eigenvalue weighted by molar-refractivity contribution is 0.100. The Morgan fingerprint density at radius 3 is 2.36 bits per heavy atom. The van der Waals surface area contributed by atoms with Crippen LogP contribution < -0.4 is 15.8 Å². The summed E-state index contributed by atoms with van der Waals surface area (Å²) in [6.45, 7) is 0. The maximum atomic E-state index is 11.2. The number of nitrogens with one attached hydrogen (secondary N) is 1. The number of carbonyl (C=O) groups is 1. The molecule has 5 rings (SSSR count). The molecule has 0 spiro atoms. The average Bonchev–Trinajstić information content (AvgIpc) is 3.27. The van der Waals surface area contributed by atoms with E-state index >= 15 is 0 Å². The first kappa shape index (κ1) is 20.2. The molecule has 0 aliphatic rings. The highest BCUT2D eigenvalue weighted by atomic mass is 16.5. The molecule has 0 bridgehead atoms. The number of carbonyl (C=O) groups excluding carboxylic acids is 1.